The highest BCUT2D eigenvalue weighted by molar-refractivity contribution is 5.84. The summed E-state index contributed by atoms with van der Waals surface area (Å²) in [5.74, 6) is -3.30. The predicted molar refractivity (Wildman–Crippen MR) is 84.2 cm³/mol. The molecule has 1 saturated carbocycles. The molecule has 3 atom stereocenters. The molecule has 0 radical (unpaired) electrons. The van der Waals surface area contributed by atoms with Gasteiger partial charge in [0, 0.05) is 26.4 Å². The van der Waals surface area contributed by atoms with Crippen LogP contribution in [0, 0.1) is 0 Å². The van der Waals surface area contributed by atoms with Crippen LogP contribution in [0.5, 0.6) is 0 Å². The first-order valence-electron chi connectivity index (χ1n) is 8.01. The van der Waals surface area contributed by atoms with Gasteiger partial charge in [0.2, 0.25) is 5.91 Å². The van der Waals surface area contributed by atoms with Crippen molar-refractivity contribution in [3.63, 3.8) is 0 Å². The Labute approximate surface area is 149 Å². The van der Waals surface area contributed by atoms with Crippen molar-refractivity contribution in [1.29, 1.82) is 0 Å². The molecule has 11 heteroatoms. The van der Waals surface area contributed by atoms with Crippen molar-refractivity contribution in [3.05, 3.63) is 0 Å². The SMILES string of the molecule is CO[C@]1(COCC(=O)N[C@@H](CCC(=O)O)C(=O)O)C[C@@H](O)[C@H](O)[C@H](O)C1. The van der Waals surface area contributed by atoms with Gasteiger partial charge in [-0.2, -0.15) is 0 Å². The summed E-state index contributed by atoms with van der Waals surface area (Å²) in [6.45, 7) is -0.693. The van der Waals surface area contributed by atoms with Gasteiger partial charge in [-0.15, -0.1) is 0 Å². The minimum Gasteiger partial charge on any atom is -0.481 e. The first-order valence-corrected chi connectivity index (χ1v) is 8.01. The highest BCUT2D eigenvalue weighted by Gasteiger charge is 2.45. The molecule has 1 rings (SSSR count). The van der Waals surface area contributed by atoms with Gasteiger partial charge in [-0.1, -0.05) is 0 Å². The number of carboxylic acid groups (broad SMARTS) is 2. The van der Waals surface area contributed by atoms with Gasteiger partial charge in [0.05, 0.1) is 24.4 Å². The number of nitrogens with one attached hydrogen (secondary N) is 1. The fraction of sp³-hybridized carbons (Fsp3) is 0.800. The number of ether oxygens (including phenoxy) is 2. The Hall–Kier alpha value is -1.79. The average Bonchev–Trinajstić information content (AvgIpc) is 2.55. The van der Waals surface area contributed by atoms with E-state index in [0.717, 1.165) is 0 Å². The molecule has 1 fully saturated rings. The zero-order chi connectivity index (χ0) is 19.9. The third kappa shape index (κ3) is 6.50. The fourth-order valence-corrected chi connectivity index (χ4v) is 2.78. The van der Waals surface area contributed by atoms with Crippen LogP contribution >= 0.6 is 0 Å². The summed E-state index contributed by atoms with van der Waals surface area (Å²) in [7, 11) is 1.34. The topological polar surface area (TPSA) is 183 Å². The van der Waals surface area contributed by atoms with Crippen LogP contribution < -0.4 is 5.32 Å². The summed E-state index contributed by atoms with van der Waals surface area (Å²) < 4.78 is 10.5. The van der Waals surface area contributed by atoms with E-state index in [9.17, 15) is 29.7 Å². The molecule has 0 heterocycles. The standard InChI is InChI=1S/C15H25NO10/c1-25-15(4-9(17)13(22)10(18)5-15)7-26-6-11(19)16-8(14(23)24)2-3-12(20)21/h8-10,13,17-18,22H,2-7H2,1H3,(H,16,19)(H,20,21)(H,23,24)/t8-,9+,10+,13-,15+/m0/s1. The summed E-state index contributed by atoms with van der Waals surface area (Å²) in [5, 5.41) is 48.8. The van der Waals surface area contributed by atoms with Crippen LogP contribution in [-0.4, -0.2) is 93.7 Å². The Balaban J connectivity index is 2.50. The Morgan fingerprint density at radius 3 is 2.19 bits per heavy atom. The number of aliphatic hydroxyl groups excluding tert-OH is 3. The molecule has 0 bridgehead atoms. The van der Waals surface area contributed by atoms with Crippen molar-refractivity contribution in [2.75, 3.05) is 20.3 Å². The van der Waals surface area contributed by atoms with E-state index in [2.05, 4.69) is 5.32 Å². The van der Waals surface area contributed by atoms with E-state index in [4.69, 9.17) is 19.7 Å². The number of carbonyl (C=O) groups excluding carboxylic acids is 1. The zero-order valence-electron chi connectivity index (χ0n) is 14.3. The third-order valence-corrected chi connectivity index (χ3v) is 4.26. The molecular weight excluding hydrogens is 354 g/mol. The van der Waals surface area contributed by atoms with Crippen molar-refractivity contribution < 1.29 is 49.4 Å². The smallest absolute Gasteiger partial charge is 0.326 e. The average molecular weight is 379 g/mol. The summed E-state index contributed by atoms with van der Waals surface area (Å²) >= 11 is 0. The fourth-order valence-electron chi connectivity index (χ4n) is 2.78. The van der Waals surface area contributed by atoms with E-state index in [1.807, 2.05) is 0 Å². The molecule has 11 nitrogen and oxygen atoms in total. The minimum absolute atomic E-state index is 0.0142. The number of aliphatic carboxylic acids is 2. The normalized spacial score (nSPS) is 29.8. The first-order chi connectivity index (χ1) is 12.1. The van der Waals surface area contributed by atoms with E-state index in [0.29, 0.717) is 0 Å². The number of hydrogen-bond donors (Lipinski definition) is 6. The molecule has 1 aliphatic carbocycles. The predicted octanol–water partition coefficient (Wildman–Crippen LogP) is -2.30. The van der Waals surface area contributed by atoms with Crippen LogP contribution in [0.25, 0.3) is 0 Å². The van der Waals surface area contributed by atoms with Gasteiger partial charge in [-0.25, -0.2) is 4.79 Å². The van der Waals surface area contributed by atoms with Crippen LogP contribution in [0.4, 0.5) is 0 Å². The molecule has 1 aliphatic rings. The summed E-state index contributed by atoms with van der Waals surface area (Å²) in [6.07, 6.45) is -4.45. The highest BCUT2D eigenvalue weighted by atomic mass is 16.5. The second-order valence-corrected chi connectivity index (χ2v) is 6.30. The second kappa shape index (κ2) is 9.78. The van der Waals surface area contributed by atoms with Gasteiger partial charge < -0.3 is 40.3 Å². The van der Waals surface area contributed by atoms with Crippen LogP contribution in [0.15, 0.2) is 0 Å². The van der Waals surface area contributed by atoms with Crippen molar-refractivity contribution in [1.82, 2.24) is 5.32 Å². The van der Waals surface area contributed by atoms with Crippen LogP contribution in [0.3, 0.4) is 0 Å². The van der Waals surface area contributed by atoms with Gasteiger partial charge in [0.1, 0.15) is 18.8 Å². The monoisotopic (exact) mass is 379 g/mol. The Bertz CT molecular complexity index is 499. The quantitative estimate of drug-likeness (QED) is 0.241. The molecule has 26 heavy (non-hydrogen) atoms. The van der Waals surface area contributed by atoms with Crippen molar-refractivity contribution >= 4 is 17.8 Å². The number of rotatable bonds is 10. The van der Waals surface area contributed by atoms with Crippen LogP contribution in [0.2, 0.25) is 0 Å². The lowest BCUT2D eigenvalue weighted by Gasteiger charge is -2.42. The van der Waals surface area contributed by atoms with E-state index in [1.165, 1.54) is 7.11 Å². The lowest BCUT2D eigenvalue weighted by Crippen LogP contribution is -2.55. The van der Waals surface area contributed by atoms with E-state index in [1.54, 1.807) is 0 Å². The van der Waals surface area contributed by atoms with Gasteiger partial charge in [-0.3, -0.25) is 9.59 Å². The van der Waals surface area contributed by atoms with E-state index >= 15 is 0 Å². The zero-order valence-corrected chi connectivity index (χ0v) is 14.3. The Morgan fingerprint density at radius 1 is 1.15 bits per heavy atom. The molecule has 0 aromatic rings. The molecule has 0 aromatic carbocycles. The Kier molecular flexibility index (Phi) is 8.37. The minimum atomic E-state index is -1.36. The van der Waals surface area contributed by atoms with E-state index < -0.39 is 60.8 Å². The lowest BCUT2D eigenvalue weighted by molar-refractivity contribution is -0.185. The maximum absolute atomic E-state index is 11.8. The number of aliphatic hydroxyl groups is 3. The molecule has 0 saturated heterocycles. The summed E-state index contributed by atoms with van der Waals surface area (Å²) in [4.78, 5) is 33.3. The van der Waals surface area contributed by atoms with Crippen molar-refractivity contribution in [2.45, 2.75) is 55.6 Å². The second-order valence-electron chi connectivity index (χ2n) is 6.30. The molecule has 0 aliphatic heterocycles. The number of carboxylic acids is 2. The summed E-state index contributed by atoms with van der Waals surface area (Å²) in [6, 6.07) is -1.35. The molecule has 0 unspecified atom stereocenters. The maximum Gasteiger partial charge on any atom is 0.326 e. The van der Waals surface area contributed by atoms with Crippen LogP contribution in [0.1, 0.15) is 25.7 Å². The molecule has 0 spiro atoms. The van der Waals surface area contributed by atoms with Crippen LogP contribution in [-0.2, 0) is 23.9 Å². The van der Waals surface area contributed by atoms with Gasteiger partial charge in [0.15, 0.2) is 0 Å². The third-order valence-electron chi connectivity index (χ3n) is 4.26. The Morgan fingerprint density at radius 2 is 1.73 bits per heavy atom. The number of methoxy groups -OCH3 is 1. The number of hydrogen-bond acceptors (Lipinski definition) is 8. The number of amides is 1. The first kappa shape index (κ1) is 22.3. The molecule has 6 N–H and O–H groups in total. The molecular formula is C15H25NO10. The number of carbonyl (C=O) groups is 3. The van der Waals surface area contributed by atoms with Gasteiger partial charge >= 0.3 is 11.9 Å². The summed E-state index contributed by atoms with van der Waals surface area (Å²) in [5.41, 5.74) is -1.10. The molecule has 1 amide bonds. The van der Waals surface area contributed by atoms with Gasteiger partial charge in [-0.05, 0) is 6.42 Å². The van der Waals surface area contributed by atoms with Crippen molar-refractivity contribution in [3.8, 4) is 0 Å². The molecule has 150 valence electrons. The van der Waals surface area contributed by atoms with Gasteiger partial charge in [0.25, 0.3) is 0 Å². The maximum atomic E-state index is 11.8. The molecule has 0 aromatic heterocycles. The van der Waals surface area contributed by atoms with Crippen molar-refractivity contribution in [2.24, 2.45) is 0 Å². The lowest BCUT2D eigenvalue weighted by atomic mass is 9.80. The highest BCUT2D eigenvalue weighted by Crippen LogP contribution is 2.32. The largest absolute Gasteiger partial charge is 0.481 e. The van der Waals surface area contributed by atoms with E-state index in [-0.39, 0.29) is 25.9 Å².